The number of hydrogen-bond donors (Lipinski definition) is 5. The second-order valence-electron chi connectivity index (χ2n) is 7.33. The van der Waals surface area contributed by atoms with Gasteiger partial charge in [-0.05, 0) is 60.3 Å². The summed E-state index contributed by atoms with van der Waals surface area (Å²) < 4.78 is 0. The molecule has 1 aliphatic heterocycles. The smallest absolute Gasteiger partial charge is 0.267 e. The first-order valence-electron chi connectivity index (χ1n) is 9.98. The van der Waals surface area contributed by atoms with Crippen molar-refractivity contribution in [1.29, 1.82) is 0 Å². The number of rotatable bonds is 7. The highest BCUT2D eigenvalue weighted by Gasteiger charge is 2.16. The van der Waals surface area contributed by atoms with E-state index in [1.165, 1.54) is 39.4 Å². The van der Waals surface area contributed by atoms with Crippen molar-refractivity contribution < 1.29 is 10.0 Å². The maximum Gasteiger partial charge on any atom is 0.267 e. The zero-order valence-electron chi connectivity index (χ0n) is 16.3. The summed E-state index contributed by atoms with van der Waals surface area (Å²) >= 11 is 0. The number of carbonyl (C=O) groups is 1. The number of aromatic nitrogens is 1. The predicted molar refractivity (Wildman–Crippen MR) is 115 cm³/mol. The van der Waals surface area contributed by atoms with Crippen molar-refractivity contribution in [3.05, 3.63) is 76.5 Å². The lowest BCUT2D eigenvalue weighted by Gasteiger charge is -2.14. The minimum atomic E-state index is -0.536. The molecule has 0 saturated heterocycles. The van der Waals surface area contributed by atoms with Gasteiger partial charge in [0.2, 0.25) is 0 Å². The van der Waals surface area contributed by atoms with Gasteiger partial charge in [0.25, 0.3) is 5.91 Å². The summed E-state index contributed by atoms with van der Waals surface area (Å²) in [6.07, 6.45) is 5.03. The Morgan fingerprint density at radius 1 is 1.17 bits per heavy atom. The number of amides is 1. The maximum absolute atomic E-state index is 11.0. The Morgan fingerprint density at radius 3 is 2.86 bits per heavy atom. The van der Waals surface area contributed by atoms with Gasteiger partial charge in [-0.15, -0.1) is 0 Å². The molecule has 6 heteroatoms. The molecule has 2 aromatic carbocycles. The van der Waals surface area contributed by atoms with E-state index in [1.54, 1.807) is 11.6 Å². The molecule has 0 aliphatic carbocycles. The number of carbonyl (C=O) groups excluding carboxylic acids is 1. The van der Waals surface area contributed by atoms with E-state index in [1.807, 2.05) is 24.3 Å². The molecule has 0 atom stereocenters. The molecule has 0 saturated carbocycles. The molecule has 2 heterocycles. The average molecular weight is 390 g/mol. The highest BCUT2D eigenvalue weighted by Crippen LogP contribution is 2.28. The van der Waals surface area contributed by atoms with Crippen LogP contribution < -0.4 is 16.1 Å². The maximum atomic E-state index is 11.0. The molecule has 1 aliphatic rings. The van der Waals surface area contributed by atoms with Gasteiger partial charge in [-0.2, -0.15) is 0 Å². The minimum Gasteiger partial charge on any atom is -0.357 e. The number of aromatic amines is 1. The van der Waals surface area contributed by atoms with Gasteiger partial charge >= 0.3 is 0 Å². The van der Waals surface area contributed by atoms with Crippen LogP contribution >= 0.6 is 0 Å². The van der Waals surface area contributed by atoms with Crippen LogP contribution in [0.2, 0.25) is 0 Å². The van der Waals surface area contributed by atoms with Crippen LogP contribution in [0.5, 0.6) is 0 Å². The third-order valence-corrected chi connectivity index (χ3v) is 5.37. The largest absolute Gasteiger partial charge is 0.357 e. The van der Waals surface area contributed by atoms with Gasteiger partial charge in [-0.25, -0.2) is 5.48 Å². The normalized spacial score (nSPS) is 13.7. The van der Waals surface area contributed by atoms with Crippen LogP contribution in [0, 0.1) is 0 Å². The number of nitrogens with one attached hydrogen (secondary N) is 4. The average Bonchev–Trinajstić information content (AvgIpc) is 3.15. The molecule has 3 aromatic rings. The molecule has 150 valence electrons. The van der Waals surface area contributed by atoms with Gasteiger partial charge in [0, 0.05) is 35.8 Å². The summed E-state index contributed by atoms with van der Waals surface area (Å²) in [5.41, 5.74) is 9.14. The first-order chi connectivity index (χ1) is 14.2. The number of hydrogen-bond acceptors (Lipinski definition) is 4. The highest BCUT2D eigenvalue weighted by atomic mass is 16.5. The Morgan fingerprint density at radius 2 is 2.03 bits per heavy atom. The molecule has 0 fully saturated rings. The van der Waals surface area contributed by atoms with E-state index in [-0.39, 0.29) is 0 Å². The fraction of sp³-hybridized carbons (Fsp3) is 0.261. The Labute approximate surface area is 170 Å². The molecule has 0 spiro atoms. The zero-order valence-corrected chi connectivity index (χ0v) is 16.3. The van der Waals surface area contributed by atoms with Crippen molar-refractivity contribution >= 4 is 22.9 Å². The summed E-state index contributed by atoms with van der Waals surface area (Å²) in [6, 6.07) is 14.5. The summed E-state index contributed by atoms with van der Waals surface area (Å²) in [7, 11) is 0. The quantitative estimate of drug-likeness (QED) is 0.186. The Bertz CT molecular complexity index is 1020. The summed E-state index contributed by atoms with van der Waals surface area (Å²) in [5, 5.41) is 16.9. The molecule has 4 rings (SSSR count). The van der Waals surface area contributed by atoms with Gasteiger partial charge in [0.05, 0.1) is 0 Å². The Hall–Kier alpha value is -2.93. The topological polar surface area (TPSA) is 89.2 Å². The van der Waals surface area contributed by atoms with Crippen molar-refractivity contribution in [2.45, 2.75) is 25.9 Å². The highest BCUT2D eigenvalue weighted by molar-refractivity contribution is 5.90. The lowest BCUT2D eigenvalue weighted by Crippen LogP contribution is -2.23. The number of hydroxylamine groups is 1. The van der Waals surface area contributed by atoms with Crippen LogP contribution in [0.15, 0.2) is 48.5 Å². The predicted octanol–water partition coefficient (Wildman–Crippen LogP) is 2.66. The van der Waals surface area contributed by atoms with Crippen LogP contribution in [0.3, 0.4) is 0 Å². The van der Waals surface area contributed by atoms with Crippen molar-refractivity contribution in [1.82, 2.24) is 21.1 Å². The third-order valence-electron chi connectivity index (χ3n) is 5.37. The van der Waals surface area contributed by atoms with Crippen LogP contribution in [-0.2, 0) is 30.7 Å². The first kappa shape index (κ1) is 19.4. The summed E-state index contributed by atoms with van der Waals surface area (Å²) in [4.78, 5) is 14.6. The lowest BCUT2D eigenvalue weighted by atomic mass is 9.99. The van der Waals surface area contributed by atoms with Crippen LogP contribution in [0.1, 0.15) is 27.9 Å². The van der Waals surface area contributed by atoms with Crippen molar-refractivity contribution in [3.8, 4) is 0 Å². The molecule has 6 nitrogen and oxygen atoms in total. The van der Waals surface area contributed by atoms with Crippen molar-refractivity contribution in [2.75, 3.05) is 13.1 Å². The molecule has 0 bridgehead atoms. The number of benzene rings is 2. The van der Waals surface area contributed by atoms with E-state index in [4.69, 9.17) is 5.21 Å². The SMILES string of the molecule is O=C(/C=C/c1ccc(CNCCc2cccc3[nH]c4c(c23)CCNC4)cc1)NO. The lowest BCUT2D eigenvalue weighted by molar-refractivity contribution is -0.124. The monoisotopic (exact) mass is 390 g/mol. The number of H-pyrrole nitrogens is 1. The van der Waals surface area contributed by atoms with Crippen LogP contribution in [0.25, 0.3) is 17.0 Å². The first-order valence-corrected chi connectivity index (χ1v) is 9.98. The van der Waals surface area contributed by atoms with Crippen molar-refractivity contribution in [3.63, 3.8) is 0 Å². The molecular weight excluding hydrogens is 364 g/mol. The van der Waals surface area contributed by atoms with Gasteiger partial charge in [0.15, 0.2) is 0 Å². The fourth-order valence-corrected chi connectivity index (χ4v) is 3.92. The Kier molecular flexibility index (Phi) is 6.05. The van der Waals surface area contributed by atoms with Crippen LogP contribution in [0.4, 0.5) is 0 Å². The van der Waals surface area contributed by atoms with Gasteiger partial charge in [0.1, 0.15) is 0 Å². The van der Waals surface area contributed by atoms with Crippen molar-refractivity contribution in [2.24, 2.45) is 0 Å². The second kappa shape index (κ2) is 9.05. The molecule has 0 unspecified atom stereocenters. The molecule has 1 aromatic heterocycles. The number of fused-ring (bicyclic) bond motifs is 3. The molecule has 29 heavy (non-hydrogen) atoms. The van der Waals surface area contributed by atoms with Gasteiger partial charge < -0.3 is 15.6 Å². The standard InChI is InChI=1S/C23H26N4O2/c28-22(27-29)9-8-16-4-6-17(7-5-16)14-24-12-10-18-2-1-3-20-23(18)19-11-13-25-15-21(19)26-20/h1-9,24-26,29H,10-15H2,(H,27,28)/b9-8+. The van der Waals surface area contributed by atoms with E-state index in [0.29, 0.717) is 0 Å². The van der Waals surface area contributed by atoms with Gasteiger partial charge in [-0.3, -0.25) is 10.0 Å². The third kappa shape index (κ3) is 4.56. The van der Waals surface area contributed by atoms with Crippen LogP contribution in [-0.4, -0.2) is 29.2 Å². The molecule has 0 radical (unpaired) electrons. The van der Waals surface area contributed by atoms with E-state index in [9.17, 15) is 4.79 Å². The zero-order chi connectivity index (χ0) is 20.1. The fourth-order valence-electron chi connectivity index (χ4n) is 3.92. The van der Waals surface area contributed by atoms with E-state index < -0.39 is 5.91 Å². The summed E-state index contributed by atoms with van der Waals surface area (Å²) in [5.74, 6) is -0.536. The summed E-state index contributed by atoms with van der Waals surface area (Å²) in [6.45, 7) is 3.68. The minimum absolute atomic E-state index is 0.536. The molecular formula is C23H26N4O2. The second-order valence-corrected chi connectivity index (χ2v) is 7.33. The van der Waals surface area contributed by atoms with E-state index in [2.05, 4.69) is 33.8 Å². The molecule has 1 amide bonds. The molecule has 5 N–H and O–H groups in total. The van der Waals surface area contributed by atoms with E-state index in [0.717, 1.165) is 44.6 Å². The van der Waals surface area contributed by atoms with Gasteiger partial charge in [-0.1, -0.05) is 36.4 Å². The Balaban J connectivity index is 1.34. The van der Waals surface area contributed by atoms with E-state index >= 15 is 0 Å².